The fraction of sp³-hybridized carbons (Fsp3) is 0.368. The molecule has 0 bridgehead atoms. The second-order valence-electron chi connectivity index (χ2n) is 12.9. The molecule has 1 aliphatic heterocycles. The van der Waals surface area contributed by atoms with Gasteiger partial charge in [-0.3, -0.25) is 14.4 Å². The minimum Gasteiger partial charge on any atom is -0.507 e. The van der Waals surface area contributed by atoms with E-state index in [1.165, 1.54) is 32.2 Å². The number of carbonyl (C=O) groups is 4. The van der Waals surface area contributed by atoms with E-state index in [1.807, 2.05) is 0 Å². The lowest BCUT2D eigenvalue weighted by molar-refractivity contribution is -0.249. The van der Waals surface area contributed by atoms with Crippen LogP contribution in [0.5, 0.6) is 23.0 Å². The van der Waals surface area contributed by atoms with Crippen molar-refractivity contribution in [2.24, 2.45) is 0 Å². The number of benzene rings is 3. The maximum absolute atomic E-state index is 13.9. The largest absolute Gasteiger partial charge is 0.507 e. The number of phenols is 2. The Balaban J connectivity index is 1.30. The molecule has 6 rings (SSSR count). The van der Waals surface area contributed by atoms with Crippen molar-refractivity contribution in [3.8, 4) is 35.3 Å². The van der Waals surface area contributed by atoms with Gasteiger partial charge in [0.1, 0.15) is 54.5 Å². The summed E-state index contributed by atoms with van der Waals surface area (Å²) in [6.07, 6.45) is -2.02. The van der Waals surface area contributed by atoms with E-state index in [-0.39, 0.29) is 47.6 Å². The number of aliphatic hydroxyl groups is 3. The van der Waals surface area contributed by atoms with Gasteiger partial charge in [0, 0.05) is 41.5 Å². The van der Waals surface area contributed by atoms with Gasteiger partial charge in [0.2, 0.25) is 5.78 Å². The molecule has 3 aliphatic rings. The number of phenolic OH excluding ortho intramolecular Hbond substituents is 2. The van der Waals surface area contributed by atoms with E-state index in [9.17, 15) is 44.7 Å². The van der Waals surface area contributed by atoms with Crippen LogP contribution in [0.3, 0.4) is 0 Å². The summed E-state index contributed by atoms with van der Waals surface area (Å²) in [4.78, 5) is 53.4. The first-order chi connectivity index (χ1) is 25.3. The Morgan fingerprint density at radius 2 is 1.75 bits per heavy atom. The minimum atomic E-state index is -2.35. The van der Waals surface area contributed by atoms with Crippen molar-refractivity contribution in [3.05, 3.63) is 81.4 Å². The summed E-state index contributed by atoms with van der Waals surface area (Å²) >= 11 is 0. The summed E-state index contributed by atoms with van der Waals surface area (Å²) < 4.78 is 28.3. The molecule has 0 radical (unpaired) electrons. The number of carbonyl (C=O) groups excluding carboxylic acids is 4. The molecule has 1 heterocycles. The Kier molecular flexibility index (Phi) is 10.4. The summed E-state index contributed by atoms with van der Waals surface area (Å²) in [6.45, 7) is 0.236. The average molecular weight is 732 g/mol. The number of ether oxygens (including phenoxy) is 5. The van der Waals surface area contributed by atoms with Gasteiger partial charge in [-0.25, -0.2) is 4.79 Å². The van der Waals surface area contributed by atoms with Gasteiger partial charge in [-0.15, -0.1) is 6.42 Å². The quantitative estimate of drug-likeness (QED) is 0.101. The third-order valence-electron chi connectivity index (χ3n) is 9.71. The van der Waals surface area contributed by atoms with Crippen molar-refractivity contribution in [2.45, 2.75) is 69.0 Å². The van der Waals surface area contributed by atoms with Crippen LogP contribution in [0.1, 0.15) is 74.4 Å². The third kappa shape index (κ3) is 6.78. The van der Waals surface area contributed by atoms with Crippen molar-refractivity contribution in [1.29, 1.82) is 0 Å². The Labute approximate surface area is 303 Å². The van der Waals surface area contributed by atoms with E-state index in [4.69, 9.17) is 30.1 Å². The number of aliphatic hydroxyl groups excluding tert-OH is 2. The van der Waals surface area contributed by atoms with E-state index in [0.29, 0.717) is 11.3 Å². The van der Waals surface area contributed by atoms with Gasteiger partial charge in [0.25, 0.3) is 0 Å². The number of ketones is 3. The summed E-state index contributed by atoms with van der Waals surface area (Å²) in [6, 6.07) is 10.1. The number of rotatable bonds is 10. The molecule has 2 aliphatic carbocycles. The van der Waals surface area contributed by atoms with Crippen LogP contribution in [0.15, 0.2) is 42.5 Å². The number of Topliss-reactive ketones (excluding diaryl/α,β-unsaturated/α-hetero) is 1. The highest BCUT2D eigenvalue weighted by Gasteiger charge is 2.50. The van der Waals surface area contributed by atoms with Crippen LogP contribution in [0.2, 0.25) is 0 Å². The maximum atomic E-state index is 13.9. The summed E-state index contributed by atoms with van der Waals surface area (Å²) in [7, 11) is 1.30. The van der Waals surface area contributed by atoms with Gasteiger partial charge in [0.05, 0.1) is 42.0 Å². The first kappa shape index (κ1) is 37.3. The lowest BCUT2D eigenvalue weighted by atomic mass is 9.72. The molecule has 278 valence electrons. The maximum Gasteiger partial charge on any atom is 0.407 e. The molecule has 1 fully saturated rings. The molecular formula is C38H37NO14. The molecule has 15 nitrogen and oxygen atoms in total. The van der Waals surface area contributed by atoms with Gasteiger partial charge in [-0.05, 0) is 19.1 Å². The molecule has 3 aromatic carbocycles. The number of aromatic hydroxyl groups is 2. The zero-order valence-electron chi connectivity index (χ0n) is 28.7. The van der Waals surface area contributed by atoms with Crippen molar-refractivity contribution in [3.63, 3.8) is 0 Å². The summed E-state index contributed by atoms with van der Waals surface area (Å²) in [5, 5.41) is 58.0. The van der Waals surface area contributed by atoms with E-state index >= 15 is 0 Å². The Hall–Kier alpha value is -5.50. The number of hydrogen-bond donors (Lipinski definition) is 6. The monoisotopic (exact) mass is 731 g/mol. The van der Waals surface area contributed by atoms with Gasteiger partial charge in [-0.2, -0.15) is 0 Å². The molecule has 1 amide bonds. The molecule has 6 N–H and O–H groups in total. The van der Waals surface area contributed by atoms with Crippen molar-refractivity contribution >= 4 is 23.4 Å². The normalized spacial score (nSPS) is 24.6. The molecule has 0 aromatic heterocycles. The minimum absolute atomic E-state index is 0.00475. The van der Waals surface area contributed by atoms with Crippen LogP contribution < -0.4 is 14.8 Å². The van der Waals surface area contributed by atoms with Crippen molar-refractivity contribution in [2.75, 3.05) is 20.3 Å². The standard InChI is InChI=1S/C38H37NO14/c1-4-12-50-23-10-6-5-8-19(23)17-51-37(47)39-22-13-27(52-18(2)32(22)42)53-25-15-38(48,26(41)16-40)14-21-29(25)36(46)31-30(34(21)44)33(43)20-9-7-11-24(49-3)28(20)35(31)45/h1,5-11,18,22,25,27,32,40,42,44,46,48H,12-17H2,2-3H3,(H,39,47)/t18-,22-,25-,27-,32+,38-/m0/s1. The number of nitrogens with one attached hydrogen (secondary N) is 1. The van der Waals surface area contributed by atoms with Crippen molar-refractivity contribution < 1.29 is 68.4 Å². The SMILES string of the molecule is C#CCOc1ccccc1COC(=O)N[C@H]1C[C@H](O[C@H]2C[C@](O)(C(=O)CO)Cc3c(O)c4c(c(O)c32)C(=O)c2c(OC)cccc2C4=O)O[C@@H](C)[C@H]1O. The fourth-order valence-corrected chi connectivity index (χ4v) is 7.08. The van der Waals surface area contributed by atoms with E-state index in [1.54, 1.807) is 24.3 Å². The van der Waals surface area contributed by atoms with Crippen LogP contribution in [-0.2, 0) is 32.0 Å². The molecular weight excluding hydrogens is 694 g/mol. The van der Waals surface area contributed by atoms with Crippen LogP contribution in [0, 0.1) is 12.3 Å². The van der Waals surface area contributed by atoms with Crippen LogP contribution in [-0.4, -0.2) is 99.4 Å². The second kappa shape index (κ2) is 14.9. The molecule has 1 saturated heterocycles. The lowest BCUT2D eigenvalue weighted by Crippen LogP contribution is -2.56. The Morgan fingerprint density at radius 3 is 2.47 bits per heavy atom. The number of fused-ring (bicyclic) bond motifs is 3. The van der Waals surface area contributed by atoms with Crippen LogP contribution in [0.4, 0.5) is 4.79 Å². The number of hydrogen-bond acceptors (Lipinski definition) is 14. The van der Waals surface area contributed by atoms with Crippen LogP contribution >= 0.6 is 0 Å². The van der Waals surface area contributed by atoms with E-state index in [0.717, 1.165) is 0 Å². The molecule has 6 atom stereocenters. The number of amides is 1. The third-order valence-corrected chi connectivity index (χ3v) is 9.71. The second-order valence-corrected chi connectivity index (χ2v) is 12.9. The summed E-state index contributed by atoms with van der Waals surface area (Å²) in [5.74, 6) is -1.34. The molecule has 53 heavy (non-hydrogen) atoms. The average Bonchev–Trinajstić information content (AvgIpc) is 3.14. The number of methoxy groups -OCH3 is 1. The highest BCUT2D eigenvalue weighted by molar-refractivity contribution is 6.31. The topological polar surface area (TPSA) is 228 Å². The zero-order chi connectivity index (χ0) is 38.2. The first-order valence-corrected chi connectivity index (χ1v) is 16.6. The lowest BCUT2D eigenvalue weighted by Gasteiger charge is -2.42. The molecule has 0 unspecified atom stereocenters. The number of terminal acetylenes is 1. The first-order valence-electron chi connectivity index (χ1n) is 16.6. The van der Waals surface area contributed by atoms with Crippen molar-refractivity contribution in [1.82, 2.24) is 5.32 Å². The van der Waals surface area contributed by atoms with E-state index in [2.05, 4.69) is 11.2 Å². The molecule has 15 heteroatoms. The number of alkyl carbamates (subject to hydrolysis) is 1. The van der Waals surface area contributed by atoms with Gasteiger partial charge in [-0.1, -0.05) is 36.3 Å². The predicted octanol–water partition coefficient (Wildman–Crippen LogP) is 1.98. The van der Waals surface area contributed by atoms with E-state index < -0.39 is 102 Å². The van der Waals surface area contributed by atoms with Gasteiger partial charge in [0.15, 0.2) is 17.9 Å². The molecule has 0 saturated carbocycles. The Bertz CT molecular complexity index is 2020. The molecule has 0 spiro atoms. The highest BCUT2D eigenvalue weighted by Crippen LogP contribution is 2.52. The predicted molar refractivity (Wildman–Crippen MR) is 182 cm³/mol. The van der Waals surface area contributed by atoms with Gasteiger partial charge >= 0.3 is 6.09 Å². The zero-order valence-corrected chi connectivity index (χ0v) is 28.7. The Morgan fingerprint density at radius 1 is 1.04 bits per heavy atom. The highest BCUT2D eigenvalue weighted by atomic mass is 16.7. The van der Waals surface area contributed by atoms with Gasteiger partial charge < -0.3 is 54.5 Å². The number of para-hydroxylation sites is 1. The molecule has 3 aromatic rings. The summed E-state index contributed by atoms with van der Waals surface area (Å²) in [5.41, 5.74) is -3.57. The smallest absolute Gasteiger partial charge is 0.407 e. The van der Waals surface area contributed by atoms with Crippen LogP contribution in [0.25, 0.3) is 0 Å². The fourth-order valence-electron chi connectivity index (χ4n) is 7.08.